The van der Waals surface area contributed by atoms with Crippen molar-refractivity contribution in [2.24, 2.45) is 0 Å². The number of nitrogens with zero attached hydrogens (tertiary/aromatic N) is 2. The van der Waals surface area contributed by atoms with Crippen molar-refractivity contribution < 1.29 is 37.4 Å². The largest absolute Gasteiger partial charge is 0.496 e. The van der Waals surface area contributed by atoms with Gasteiger partial charge in [-0.15, -0.1) is 0 Å². The number of nitrogens with one attached hydrogen (secondary N) is 2. The standard InChI is InChI=1S/C38H39FN4O7/c1-47-33-9-7-26-18-31(33)25-5-4-6-28(17-25)48-23-36(44)40-20-24-15-27(39)19-30(16-24)50-34-11-14-43(22-32(34)41-37(26)45)38(46)35-10-8-29(49-35)21-42-12-2-3-13-42/h4-10,15-19,32,34H,2-3,11-14,20-23H2,1H3,(H,40,44)(H,41,45)/t32-,34-/m1/s1. The third-order valence-corrected chi connectivity index (χ3v) is 9.29. The Hall–Kier alpha value is -5.36. The highest BCUT2D eigenvalue weighted by molar-refractivity contribution is 5.96. The Kier molecular flexibility index (Phi) is 9.70. The van der Waals surface area contributed by atoms with Gasteiger partial charge < -0.3 is 34.2 Å². The number of likely N-dealkylation sites (tertiary alicyclic amines) is 2. The molecule has 3 aliphatic rings. The van der Waals surface area contributed by atoms with Crippen LogP contribution in [0.2, 0.25) is 0 Å². The van der Waals surface area contributed by atoms with Crippen molar-refractivity contribution in [3.8, 4) is 28.4 Å². The summed E-state index contributed by atoms with van der Waals surface area (Å²) in [6.07, 6.45) is 2.08. The molecule has 2 saturated heterocycles. The minimum atomic E-state index is -0.657. The number of benzene rings is 3. The molecule has 3 aromatic carbocycles. The molecule has 0 saturated carbocycles. The second-order valence-electron chi connectivity index (χ2n) is 12.8. The number of rotatable bonds is 4. The maximum Gasteiger partial charge on any atom is 0.289 e. The fourth-order valence-electron chi connectivity index (χ4n) is 6.74. The topological polar surface area (TPSA) is 123 Å². The minimum Gasteiger partial charge on any atom is -0.496 e. The van der Waals surface area contributed by atoms with Gasteiger partial charge in [-0.2, -0.15) is 0 Å². The number of piperidine rings is 1. The number of carbonyl (C=O) groups excluding carboxylic acids is 3. The fraction of sp³-hybridized carbons (Fsp3) is 0.342. The van der Waals surface area contributed by atoms with Crippen molar-refractivity contribution in [1.82, 2.24) is 20.4 Å². The lowest BCUT2D eigenvalue weighted by Crippen LogP contribution is -2.58. The van der Waals surface area contributed by atoms with Crippen molar-refractivity contribution in [2.75, 3.05) is 39.9 Å². The first-order valence-electron chi connectivity index (χ1n) is 16.9. The van der Waals surface area contributed by atoms with Crippen LogP contribution in [0.25, 0.3) is 11.1 Å². The smallest absolute Gasteiger partial charge is 0.289 e. The Morgan fingerprint density at radius 2 is 1.82 bits per heavy atom. The summed E-state index contributed by atoms with van der Waals surface area (Å²) < 4.78 is 38.5. The van der Waals surface area contributed by atoms with E-state index >= 15 is 0 Å². The van der Waals surface area contributed by atoms with Crippen molar-refractivity contribution in [3.63, 3.8) is 0 Å². The Labute approximate surface area is 289 Å². The molecule has 2 fully saturated rings. The first kappa shape index (κ1) is 33.2. The number of hydrogen-bond donors (Lipinski definition) is 2. The quantitative estimate of drug-likeness (QED) is 0.315. The van der Waals surface area contributed by atoms with Gasteiger partial charge in [0.2, 0.25) is 0 Å². The van der Waals surface area contributed by atoms with Gasteiger partial charge in [-0.05, 0) is 91.7 Å². The van der Waals surface area contributed by atoms with Gasteiger partial charge in [0, 0.05) is 43.2 Å². The van der Waals surface area contributed by atoms with Crippen molar-refractivity contribution in [2.45, 2.75) is 44.5 Å². The lowest BCUT2D eigenvalue weighted by Gasteiger charge is -2.38. The Balaban J connectivity index is 1.19. The molecule has 12 heteroatoms. The van der Waals surface area contributed by atoms with Gasteiger partial charge in [-0.1, -0.05) is 12.1 Å². The molecule has 0 radical (unpaired) electrons. The monoisotopic (exact) mass is 682 g/mol. The summed E-state index contributed by atoms with van der Waals surface area (Å²) in [5, 5.41) is 5.86. The number of methoxy groups -OCH3 is 1. The van der Waals surface area contributed by atoms with E-state index in [0.29, 0.717) is 47.7 Å². The van der Waals surface area contributed by atoms with Gasteiger partial charge >= 0.3 is 0 Å². The Bertz CT molecular complexity index is 1890. The van der Waals surface area contributed by atoms with E-state index in [2.05, 4.69) is 15.5 Å². The molecule has 4 aromatic rings. The number of furan rings is 1. The lowest BCUT2D eigenvalue weighted by atomic mass is 9.99. The number of fused-ring (bicyclic) bond motifs is 8. The molecular weight excluding hydrogens is 643 g/mol. The molecule has 1 aromatic heterocycles. The number of carbonyl (C=O) groups is 3. The summed E-state index contributed by atoms with van der Waals surface area (Å²) in [6.45, 7) is 2.95. The first-order chi connectivity index (χ1) is 24.3. The summed E-state index contributed by atoms with van der Waals surface area (Å²) in [4.78, 5) is 44.2. The summed E-state index contributed by atoms with van der Waals surface area (Å²) in [5.74, 6) is 0.630. The van der Waals surface area contributed by atoms with Gasteiger partial charge in [0.1, 0.15) is 34.9 Å². The number of halogens is 1. The van der Waals surface area contributed by atoms with Gasteiger partial charge in [0.15, 0.2) is 12.4 Å². The number of ether oxygens (including phenoxy) is 3. The number of amides is 3. The molecule has 0 unspecified atom stereocenters. The third kappa shape index (κ3) is 7.60. The average molecular weight is 683 g/mol. The molecule has 3 amide bonds. The van der Waals surface area contributed by atoms with E-state index in [1.54, 1.807) is 60.5 Å². The predicted molar refractivity (Wildman–Crippen MR) is 182 cm³/mol. The van der Waals surface area contributed by atoms with Crippen molar-refractivity contribution in [1.29, 1.82) is 0 Å². The Morgan fingerprint density at radius 3 is 2.66 bits per heavy atom. The SMILES string of the molecule is COc1ccc2cc1-c1cccc(c1)OCC(=O)NCc1cc(F)cc(c1)O[C@@H]1CCN(C(=O)c3ccc(CN4CCCC4)o3)C[C@H]1NC2=O. The molecule has 4 heterocycles. The van der Waals surface area contributed by atoms with Crippen LogP contribution in [0.15, 0.2) is 77.2 Å². The van der Waals surface area contributed by atoms with E-state index in [1.165, 1.54) is 12.1 Å². The Morgan fingerprint density at radius 1 is 0.960 bits per heavy atom. The zero-order chi connectivity index (χ0) is 34.6. The molecule has 7 rings (SSSR count). The highest BCUT2D eigenvalue weighted by atomic mass is 19.1. The van der Waals surface area contributed by atoms with Crippen LogP contribution < -0.4 is 24.8 Å². The molecule has 260 valence electrons. The molecule has 2 atom stereocenters. The van der Waals surface area contributed by atoms with E-state index in [1.807, 2.05) is 12.1 Å². The van der Waals surface area contributed by atoms with E-state index in [-0.39, 0.29) is 48.9 Å². The molecule has 0 spiro atoms. The molecule has 2 N–H and O–H groups in total. The number of hydrogen-bond acceptors (Lipinski definition) is 8. The van der Waals surface area contributed by atoms with E-state index in [0.717, 1.165) is 37.3 Å². The fourth-order valence-corrected chi connectivity index (χ4v) is 6.74. The lowest BCUT2D eigenvalue weighted by molar-refractivity contribution is -0.123. The average Bonchev–Trinajstić information content (AvgIpc) is 3.82. The van der Waals surface area contributed by atoms with Crippen LogP contribution in [0.1, 0.15) is 51.5 Å². The minimum absolute atomic E-state index is 0.0510. The van der Waals surface area contributed by atoms with Gasteiger partial charge in [-0.3, -0.25) is 19.3 Å². The van der Waals surface area contributed by atoms with Crippen LogP contribution in [0.5, 0.6) is 17.2 Å². The highest BCUT2D eigenvalue weighted by Gasteiger charge is 2.36. The van der Waals surface area contributed by atoms with Gasteiger partial charge in [0.25, 0.3) is 17.7 Å². The summed E-state index contributed by atoms with van der Waals surface area (Å²) in [5.41, 5.74) is 2.22. The first-order valence-corrected chi connectivity index (χ1v) is 16.9. The van der Waals surface area contributed by atoms with Crippen molar-refractivity contribution in [3.05, 3.63) is 101 Å². The molecular formula is C38H39FN4O7. The summed E-state index contributed by atoms with van der Waals surface area (Å²) in [7, 11) is 1.55. The van der Waals surface area contributed by atoms with Crippen molar-refractivity contribution >= 4 is 17.7 Å². The van der Waals surface area contributed by atoms with Crippen LogP contribution in [0, 0.1) is 5.82 Å². The molecule has 0 aliphatic carbocycles. The van der Waals surface area contributed by atoms with Crippen LogP contribution in [0.3, 0.4) is 0 Å². The third-order valence-electron chi connectivity index (χ3n) is 9.29. The van der Waals surface area contributed by atoms with E-state index in [9.17, 15) is 18.8 Å². The molecule has 50 heavy (non-hydrogen) atoms. The van der Waals surface area contributed by atoms with E-state index < -0.39 is 18.0 Å². The van der Waals surface area contributed by atoms with E-state index in [4.69, 9.17) is 18.6 Å². The normalized spacial score (nSPS) is 19.8. The molecule has 11 nitrogen and oxygen atoms in total. The van der Waals surface area contributed by atoms with Crippen LogP contribution in [-0.4, -0.2) is 79.6 Å². The van der Waals surface area contributed by atoms with Crippen LogP contribution in [0.4, 0.5) is 4.39 Å². The zero-order valence-corrected chi connectivity index (χ0v) is 27.8. The van der Waals surface area contributed by atoms with Gasteiger partial charge in [-0.25, -0.2) is 4.39 Å². The maximum absolute atomic E-state index is 14.8. The highest BCUT2D eigenvalue weighted by Crippen LogP contribution is 2.33. The molecule has 6 bridgehead atoms. The second kappa shape index (κ2) is 14.6. The van der Waals surface area contributed by atoms with Crippen LogP contribution in [-0.2, 0) is 17.9 Å². The second-order valence-corrected chi connectivity index (χ2v) is 12.8. The van der Waals surface area contributed by atoms with Crippen LogP contribution >= 0.6 is 0 Å². The van der Waals surface area contributed by atoms with Gasteiger partial charge in [0.05, 0.1) is 19.7 Å². The summed E-state index contributed by atoms with van der Waals surface area (Å²) >= 11 is 0. The zero-order valence-electron chi connectivity index (χ0n) is 27.8. The summed E-state index contributed by atoms with van der Waals surface area (Å²) in [6, 6.07) is 19.4. The predicted octanol–water partition coefficient (Wildman–Crippen LogP) is 4.79. The molecule has 3 aliphatic heterocycles. The maximum atomic E-state index is 14.8.